The van der Waals surface area contributed by atoms with Gasteiger partial charge in [-0.15, -0.1) is 0 Å². The number of benzene rings is 1. The fraction of sp³-hybridized carbons (Fsp3) is 0.435. The lowest BCUT2D eigenvalue weighted by Gasteiger charge is -2.21. The van der Waals surface area contributed by atoms with Crippen molar-refractivity contribution in [1.82, 2.24) is 29.8 Å². The lowest BCUT2D eigenvalue weighted by molar-refractivity contribution is 0.485. The number of guanidine groups is 1. The maximum Gasteiger partial charge on any atom is 0.193 e. The molecular formula is C23H31N7. The van der Waals surface area contributed by atoms with Crippen LogP contribution in [0.4, 0.5) is 0 Å². The Morgan fingerprint density at radius 3 is 2.80 bits per heavy atom. The Bertz CT molecular complexity index is 986. The van der Waals surface area contributed by atoms with Gasteiger partial charge < -0.3 is 10.2 Å². The fourth-order valence-electron chi connectivity index (χ4n) is 4.14. The van der Waals surface area contributed by atoms with Gasteiger partial charge in [0.2, 0.25) is 0 Å². The van der Waals surface area contributed by atoms with Gasteiger partial charge in [0, 0.05) is 52.0 Å². The van der Waals surface area contributed by atoms with E-state index < -0.39 is 0 Å². The van der Waals surface area contributed by atoms with E-state index in [1.807, 2.05) is 47.9 Å². The summed E-state index contributed by atoms with van der Waals surface area (Å²) in [5.41, 5.74) is 4.82. The Hall–Kier alpha value is -3.09. The zero-order chi connectivity index (χ0) is 20.9. The molecule has 7 nitrogen and oxygen atoms in total. The summed E-state index contributed by atoms with van der Waals surface area (Å²) in [6.07, 6.45) is 9.45. The van der Waals surface area contributed by atoms with Crippen LogP contribution < -0.4 is 5.32 Å². The first-order chi connectivity index (χ1) is 14.6. The first-order valence-electron chi connectivity index (χ1n) is 10.7. The molecule has 0 amide bonds. The van der Waals surface area contributed by atoms with Crippen LogP contribution >= 0.6 is 0 Å². The molecule has 0 spiro atoms. The quantitative estimate of drug-likeness (QED) is 0.389. The number of hydrogen-bond acceptors (Lipinski definition) is 3. The molecule has 7 heteroatoms. The molecule has 2 aromatic heterocycles. The first kappa shape index (κ1) is 20.2. The van der Waals surface area contributed by atoms with Crippen molar-refractivity contribution in [3.8, 4) is 5.69 Å². The predicted molar refractivity (Wildman–Crippen MR) is 120 cm³/mol. The van der Waals surface area contributed by atoms with Crippen LogP contribution in [-0.4, -0.2) is 57.1 Å². The highest BCUT2D eigenvalue weighted by Gasteiger charge is 2.26. The van der Waals surface area contributed by atoms with Gasteiger partial charge in [0.15, 0.2) is 5.96 Å². The summed E-state index contributed by atoms with van der Waals surface area (Å²) in [5, 5.41) is 12.5. The van der Waals surface area contributed by atoms with Crippen LogP contribution in [0.5, 0.6) is 0 Å². The van der Waals surface area contributed by atoms with E-state index in [1.54, 1.807) is 0 Å². The van der Waals surface area contributed by atoms with E-state index in [1.165, 1.54) is 11.1 Å². The molecule has 1 unspecified atom stereocenters. The highest BCUT2D eigenvalue weighted by molar-refractivity contribution is 5.80. The topological polar surface area (TPSA) is 63.3 Å². The third-order valence-corrected chi connectivity index (χ3v) is 5.82. The monoisotopic (exact) mass is 405 g/mol. The van der Waals surface area contributed by atoms with Gasteiger partial charge in [-0.1, -0.05) is 18.2 Å². The Balaban J connectivity index is 1.26. The van der Waals surface area contributed by atoms with Crippen LogP contribution in [0.25, 0.3) is 5.69 Å². The Labute approximate surface area is 178 Å². The van der Waals surface area contributed by atoms with E-state index >= 15 is 0 Å². The number of aryl methyl sites for hydroxylation is 3. The normalized spacial score (nSPS) is 17.0. The summed E-state index contributed by atoms with van der Waals surface area (Å²) >= 11 is 0. The van der Waals surface area contributed by atoms with E-state index in [-0.39, 0.29) is 0 Å². The SMILES string of the molecule is CN=C(NCCCc1cn(-c2ccccc2)nc1C)N1CCC(c2cnn(C)c2)C1. The number of para-hydroxylation sites is 1. The fourth-order valence-corrected chi connectivity index (χ4v) is 4.14. The summed E-state index contributed by atoms with van der Waals surface area (Å²) in [6, 6.07) is 10.3. The van der Waals surface area contributed by atoms with Crippen molar-refractivity contribution in [2.45, 2.75) is 32.1 Å². The molecule has 0 bridgehead atoms. The third kappa shape index (κ3) is 4.56. The van der Waals surface area contributed by atoms with Crippen molar-refractivity contribution < 1.29 is 0 Å². The van der Waals surface area contributed by atoms with Gasteiger partial charge in [0.25, 0.3) is 0 Å². The van der Waals surface area contributed by atoms with Crippen molar-refractivity contribution in [1.29, 1.82) is 0 Å². The molecule has 4 rings (SSSR count). The van der Waals surface area contributed by atoms with Crippen LogP contribution in [0.3, 0.4) is 0 Å². The van der Waals surface area contributed by atoms with Crippen molar-refractivity contribution in [3.63, 3.8) is 0 Å². The zero-order valence-electron chi connectivity index (χ0n) is 18.1. The summed E-state index contributed by atoms with van der Waals surface area (Å²) < 4.78 is 3.85. The molecule has 1 aliphatic rings. The average Bonchev–Trinajstić information content (AvgIpc) is 3.49. The Kier molecular flexibility index (Phi) is 6.16. The van der Waals surface area contributed by atoms with Gasteiger partial charge >= 0.3 is 0 Å². The second kappa shape index (κ2) is 9.15. The molecule has 1 aliphatic heterocycles. The first-order valence-corrected chi connectivity index (χ1v) is 10.7. The lowest BCUT2D eigenvalue weighted by Crippen LogP contribution is -2.40. The minimum atomic E-state index is 0.531. The number of rotatable bonds is 6. The molecule has 0 saturated carbocycles. The van der Waals surface area contributed by atoms with Crippen LogP contribution in [-0.2, 0) is 13.5 Å². The molecule has 1 N–H and O–H groups in total. The minimum absolute atomic E-state index is 0.531. The molecule has 0 aliphatic carbocycles. The number of nitrogens with zero attached hydrogens (tertiary/aromatic N) is 6. The molecule has 158 valence electrons. The maximum atomic E-state index is 4.67. The smallest absolute Gasteiger partial charge is 0.193 e. The molecule has 1 atom stereocenters. The molecule has 0 radical (unpaired) electrons. The van der Waals surface area contributed by atoms with Crippen LogP contribution in [0.15, 0.2) is 53.9 Å². The van der Waals surface area contributed by atoms with E-state index in [0.29, 0.717) is 5.92 Å². The van der Waals surface area contributed by atoms with Gasteiger partial charge in [-0.05, 0) is 49.4 Å². The van der Waals surface area contributed by atoms with E-state index in [4.69, 9.17) is 0 Å². The maximum absolute atomic E-state index is 4.67. The third-order valence-electron chi connectivity index (χ3n) is 5.82. The zero-order valence-corrected chi connectivity index (χ0v) is 18.1. The lowest BCUT2D eigenvalue weighted by atomic mass is 10.0. The molecule has 1 aromatic carbocycles. The highest BCUT2D eigenvalue weighted by Crippen LogP contribution is 2.26. The molecule has 1 saturated heterocycles. The number of nitrogens with one attached hydrogen (secondary N) is 1. The van der Waals surface area contributed by atoms with Gasteiger partial charge in [0.05, 0.1) is 17.6 Å². The van der Waals surface area contributed by atoms with Crippen molar-refractivity contribution in [2.75, 3.05) is 26.7 Å². The molecule has 30 heavy (non-hydrogen) atoms. The molecule has 3 heterocycles. The van der Waals surface area contributed by atoms with Crippen LogP contribution in [0.1, 0.15) is 35.6 Å². The van der Waals surface area contributed by atoms with Gasteiger partial charge in [-0.25, -0.2) is 4.68 Å². The molecule has 1 fully saturated rings. The Morgan fingerprint density at radius 2 is 2.07 bits per heavy atom. The number of aromatic nitrogens is 4. The summed E-state index contributed by atoms with van der Waals surface area (Å²) in [7, 11) is 3.84. The van der Waals surface area contributed by atoms with E-state index in [9.17, 15) is 0 Å². The highest BCUT2D eigenvalue weighted by atomic mass is 15.3. The predicted octanol–water partition coefficient (Wildman–Crippen LogP) is 2.91. The van der Waals surface area contributed by atoms with Crippen molar-refractivity contribution in [2.24, 2.45) is 12.0 Å². The second-order valence-corrected chi connectivity index (χ2v) is 7.98. The second-order valence-electron chi connectivity index (χ2n) is 7.98. The summed E-state index contributed by atoms with van der Waals surface area (Å²) in [6.45, 7) is 5.01. The summed E-state index contributed by atoms with van der Waals surface area (Å²) in [4.78, 5) is 6.86. The largest absolute Gasteiger partial charge is 0.356 e. The molecule has 3 aromatic rings. The number of hydrogen-bond donors (Lipinski definition) is 1. The van der Waals surface area contributed by atoms with E-state index in [2.05, 4.69) is 56.9 Å². The van der Waals surface area contributed by atoms with Crippen LogP contribution in [0.2, 0.25) is 0 Å². The summed E-state index contributed by atoms with van der Waals surface area (Å²) in [5.74, 6) is 1.53. The van der Waals surface area contributed by atoms with Gasteiger partial charge in [-0.2, -0.15) is 10.2 Å². The standard InChI is InChI=1S/C23H31N7/c1-18-19(17-30(27-18)22-9-5-4-6-10-22)8-7-12-25-23(24-2)29-13-11-20(16-29)21-14-26-28(3)15-21/h4-6,9-10,14-15,17,20H,7-8,11-13,16H2,1-3H3,(H,24,25). The van der Waals surface area contributed by atoms with Crippen molar-refractivity contribution >= 4 is 5.96 Å². The van der Waals surface area contributed by atoms with Gasteiger partial charge in [0.1, 0.15) is 0 Å². The van der Waals surface area contributed by atoms with Gasteiger partial charge in [-0.3, -0.25) is 9.67 Å². The Morgan fingerprint density at radius 1 is 1.23 bits per heavy atom. The van der Waals surface area contributed by atoms with Crippen molar-refractivity contribution in [3.05, 3.63) is 65.7 Å². The average molecular weight is 406 g/mol. The minimum Gasteiger partial charge on any atom is -0.356 e. The number of aliphatic imine (C=N–C) groups is 1. The molecular weight excluding hydrogens is 374 g/mol. The number of likely N-dealkylation sites (tertiary alicyclic amines) is 1. The van der Waals surface area contributed by atoms with Crippen LogP contribution in [0, 0.1) is 6.92 Å². The van der Waals surface area contributed by atoms with E-state index in [0.717, 1.165) is 56.2 Å².